The number of aryl methyl sites for hydroxylation is 1. The monoisotopic (exact) mass is 710 g/mol. The number of anilines is 1. The fourth-order valence-electron chi connectivity index (χ4n) is 6.93. The molecule has 5 rings (SSSR count). The van der Waals surface area contributed by atoms with Crippen LogP contribution in [0.1, 0.15) is 61.2 Å². The lowest BCUT2D eigenvalue weighted by Crippen LogP contribution is -2.50. The molecule has 2 heterocycles. The molecule has 274 valence electrons. The molecule has 0 saturated carbocycles. The maximum Gasteiger partial charge on any atom is 0.209 e. The van der Waals surface area contributed by atoms with Crippen molar-refractivity contribution in [3.05, 3.63) is 83.4 Å². The standard InChI is InChI=1S/C39H54N2O8S/c1-28-8-15-33(16-9-28)50(42,43)38(30-12-17-36-35(24-30)41(19-21-47-36)18-7-20-44-4)49-37-27-40-31(26-39(2,3)48-23-22-45-5)25-34(37)29-10-13-32(46-6)14-11-29/h8-17,24,31,34,37-38,40H,7,18-23,25-27H2,1-6H3/t31-,34+,37-,38?/m0/s1. The van der Waals surface area contributed by atoms with Crippen molar-refractivity contribution in [2.75, 3.05) is 72.3 Å². The van der Waals surface area contributed by atoms with E-state index in [1.54, 1.807) is 33.5 Å². The molecule has 1 fully saturated rings. The number of hydrogen-bond acceptors (Lipinski definition) is 10. The summed E-state index contributed by atoms with van der Waals surface area (Å²) in [6, 6.07) is 20.7. The number of methoxy groups -OCH3 is 3. The summed E-state index contributed by atoms with van der Waals surface area (Å²) in [6.45, 7) is 10.3. The van der Waals surface area contributed by atoms with Gasteiger partial charge in [0.1, 0.15) is 18.1 Å². The molecule has 0 aliphatic carbocycles. The van der Waals surface area contributed by atoms with Crippen LogP contribution in [0.2, 0.25) is 0 Å². The van der Waals surface area contributed by atoms with Gasteiger partial charge in [-0.25, -0.2) is 8.42 Å². The first kappa shape index (κ1) is 38.1. The lowest BCUT2D eigenvalue weighted by atomic mass is 9.81. The van der Waals surface area contributed by atoms with Crippen LogP contribution in [0.5, 0.6) is 11.5 Å². The molecule has 11 heteroatoms. The van der Waals surface area contributed by atoms with Crippen molar-refractivity contribution < 1.29 is 36.8 Å². The molecule has 0 spiro atoms. The van der Waals surface area contributed by atoms with Gasteiger partial charge in [-0.3, -0.25) is 0 Å². The SMILES string of the molecule is COCCCN1CCOc2ccc(C(O[C@H]3CN[C@H](CC(C)(C)OCCOC)C[C@@H]3c3ccc(OC)cc3)S(=O)(=O)c3ccc(C)cc3)cc21. The molecule has 4 atom stereocenters. The first-order valence-electron chi connectivity index (χ1n) is 17.5. The quantitative estimate of drug-likeness (QED) is 0.166. The van der Waals surface area contributed by atoms with E-state index in [0.717, 1.165) is 54.1 Å². The molecular weight excluding hydrogens is 657 g/mol. The minimum atomic E-state index is -3.99. The van der Waals surface area contributed by atoms with Crippen LogP contribution in [-0.4, -0.2) is 93.6 Å². The van der Waals surface area contributed by atoms with E-state index in [4.69, 9.17) is 28.4 Å². The Morgan fingerprint density at radius 3 is 2.40 bits per heavy atom. The molecule has 1 saturated heterocycles. The summed E-state index contributed by atoms with van der Waals surface area (Å²) >= 11 is 0. The third-order valence-corrected chi connectivity index (χ3v) is 11.5. The minimum Gasteiger partial charge on any atom is -0.497 e. The minimum absolute atomic E-state index is 0.0934. The largest absolute Gasteiger partial charge is 0.497 e. The molecule has 10 nitrogen and oxygen atoms in total. The normalized spacial score (nSPS) is 20.2. The van der Waals surface area contributed by atoms with Gasteiger partial charge in [-0.05, 0) is 87.6 Å². The third kappa shape index (κ3) is 9.57. The average molecular weight is 711 g/mol. The van der Waals surface area contributed by atoms with E-state index >= 15 is 0 Å². The number of sulfone groups is 1. The molecule has 0 radical (unpaired) electrons. The second kappa shape index (κ2) is 17.4. The van der Waals surface area contributed by atoms with Crippen molar-refractivity contribution in [1.29, 1.82) is 0 Å². The highest BCUT2D eigenvalue weighted by atomic mass is 32.2. The summed E-state index contributed by atoms with van der Waals surface area (Å²) in [5.41, 5.74) is 1.84. The molecule has 2 aliphatic rings. The number of nitrogens with one attached hydrogen (secondary N) is 1. The zero-order valence-electron chi connectivity index (χ0n) is 30.4. The Labute approximate surface area is 298 Å². The van der Waals surface area contributed by atoms with E-state index in [1.165, 1.54) is 0 Å². The lowest BCUT2D eigenvalue weighted by molar-refractivity contribution is -0.0581. The lowest BCUT2D eigenvalue weighted by Gasteiger charge is -2.41. The third-order valence-electron chi connectivity index (χ3n) is 9.58. The van der Waals surface area contributed by atoms with E-state index in [9.17, 15) is 8.42 Å². The van der Waals surface area contributed by atoms with Gasteiger partial charge in [-0.2, -0.15) is 0 Å². The van der Waals surface area contributed by atoms with Gasteiger partial charge in [0.25, 0.3) is 0 Å². The summed E-state index contributed by atoms with van der Waals surface area (Å²) in [7, 11) is 1.03. The van der Waals surface area contributed by atoms with Crippen LogP contribution in [0, 0.1) is 6.92 Å². The van der Waals surface area contributed by atoms with Crippen LogP contribution in [0.3, 0.4) is 0 Å². The van der Waals surface area contributed by atoms with E-state index in [2.05, 4.69) is 36.2 Å². The van der Waals surface area contributed by atoms with Crippen LogP contribution in [0.25, 0.3) is 0 Å². The summed E-state index contributed by atoms with van der Waals surface area (Å²) in [5.74, 6) is 1.40. The summed E-state index contributed by atoms with van der Waals surface area (Å²) in [5, 5.41) is 3.68. The second-order valence-corrected chi connectivity index (χ2v) is 15.8. The zero-order chi connectivity index (χ0) is 35.7. The van der Waals surface area contributed by atoms with E-state index in [-0.39, 0.29) is 22.5 Å². The maximum absolute atomic E-state index is 14.6. The Morgan fingerprint density at radius 2 is 1.70 bits per heavy atom. The molecule has 0 bridgehead atoms. The van der Waals surface area contributed by atoms with Crippen molar-refractivity contribution in [2.45, 2.75) is 74.0 Å². The highest BCUT2D eigenvalue weighted by Crippen LogP contribution is 2.42. The van der Waals surface area contributed by atoms with Crippen LogP contribution in [0.15, 0.2) is 71.6 Å². The number of fused-ring (bicyclic) bond motifs is 1. The first-order valence-corrected chi connectivity index (χ1v) is 19.1. The van der Waals surface area contributed by atoms with Crippen molar-refractivity contribution >= 4 is 15.5 Å². The van der Waals surface area contributed by atoms with Gasteiger partial charge in [0.15, 0.2) is 5.44 Å². The van der Waals surface area contributed by atoms with Gasteiger partial charge in [-0.1, -0.05) is 35.9 Å². The molecule has 3 aromatic rings. The number of rotatable bonds is 17. The molecule has 0 amide bonds. The number of ether oxygens (including phenoxy) is 6. The highest BCUT2D eigenvalue weighted by Gasteiger charge is 2.40. The number of nitrogens with zero attached hydrogens (tertiary/aromatic N) is 1. The van der Waals surface area contributed by atoms with Crippen LogP contribution >= 0.6 is 0 Å². The Morgan fingerprint density at radius 1 is 0.960 bits per heavy atom. The Hall–Kier alpha value is -3.19. The van der Waals surface area contributed by atoms with E-state index in [0.29, 0.717) is 45.1 Å². The molecule has 3 aromatic carbocycles. The van der Waals surface area contributed by atoms with Gasteiger partial charge in [0.05, 0.1) is 49.2 Å². The Bertz CT molecular complexity index is 1610. The summed E-state index contributed by atoms with van der Waals surface area (Å²) in [4.78, 5) is 2.46. The van der Waals surface area contributed by atoms with Gasteiger partial charge in [0.2, 0.25) is 9.84 Å². The van der Waals surface area contributed by atoms with Crippen molar-refractivity contribution in [3.63, 3.8) is 0 Å². The topological polar surface area (TPSA) is 105 Å². The fourth-order valence-corrected chi connectivity index (χ4v) is 8.49. The number of benzene rings is 3. The van der Waals surface area contributed by atoms with Crippen LogP contribution in [-0.2, 0) is 28.8 Å². The van der Waals surface area contributed by atoms with Crippen molar-refractivity contribution in [2.24, 2.45) is 0 Å². The predicted octanol–water partition coefficient (Wildman–Crippen LogP) is 6.07. The second-order valence-electron chi connectivity index (χ2n) is 13.8. The smallest absolute Gasteiger partial charge is 0.209 e. The van der Waals surface area contributed by atoms with E-state index < -0.39 is 21.4 Å². The van der Waals surface area contributed by atoms with Gasteiger partial charge in [-0.15, -0.1) is 0 Å². The zero-order valence-corrected chi connectivity index (χ0v) is 31.2. The number of piperidine rings is 1. The van der Waals surface area contributed by atoms with E-state index in [1.807, 2.05) is 49.4 Å². The first-order chi connectivity index (χ1) is 24.0. The van der Waals surface area contributed by atoms with Crippen molar-refractivity contribution in [1.82, 2.24) is 5.32 Å². The van der Waals surface area contributed by atoms with Crippen molar-refractivity contribution in [3.8, 4) is 11.5 Å². The maximum atomic E-state index is 14.6. The molecular formula is C39H54N2O8S. The molecule has 1 unspecified atom stereocenters. The van der Waals surface area contributed by atoms with Crippen LogP contribution in [0.4, 0.5) is 5.69 Å². The fraction of sp³-hybridized carbons (Fsp3) is 0.538. The molecule has 0 aromatic heterocycles. The van der Waals surface area contributed by atoms with Gasteiger partial charge < -0.3 is 38.6 Å². The summed E-state index contributed by atoms with van der Waals surface area (Å²) < 4.78 is 64.3. The average Bonchev–Trinajstić information content (AvgIpc) is 3.11. The molecule has 2 aliphatic heterocycles. The molecule has 1 N–H and O–H groups in total. The number of hydrogen-bond donors (Lipinski definition) is 1. The Balaban J connectivity index is 1.50. The summed E-state index contributed by atoms with van der Waals surface area (Å²) in [6.07, 6.45) is 1.89. The highest BCUT2D eigenvalue weighted by molar-refractivity contribution is 7.91. The van der Waals surface area contributed by atoms with Crippen LogP contribution < -0.4 is 19.7 Å². The predicted molar refractivity (Wildman–Crippen MR) is 195 cm³/mol. The van der Waals surface area contributed by atoms with Gasteiger partial charge in [0, 0.05) is 45.9 Å². The Kier molecular flexibility index (Phi) is 13.2. The molecule has 50 heavy (non-hydrogen) atoms. The van der Waals surface area contributed by atoms with Gasteiger partial charge >= 0.3 is 0 Å².